The minimum Gasteiger partial charge on any atom is -0.388 e. The number of nitrogens with zero attached hydrogens (tertiary/aromatic N) is 2. The highest BCUT2D eigenvalue weighted by Crippen LogP contribution is 2.17. The molecule has 2 rings (SSSR count). The zero-order chi connectivity index (χ0) is 11.4. The normalized spacial score (nSPS) is 12.4. The number of hydrogen-bond donors (Lipinski definition) is 1. The highest BCUT2D eigenvalue weighted by Gasteiger charge is 2.08. The van der Waals surface area contributed by atoms with Crippen LogP contribution >= 0.6 is 22.6 Å². The molecule has 0 saturated carbocycles. The van der Waals surface area contributed by atoms with Gasteiger partial charge < -0.3 is 5.11 Å². The van der Waals surface area contributed by atoms with E-state index in [4.69, 9.17) is 0 Å². The van der Waals surface area contributed by atoms with Crippen LogP contribution in [0.1, 0.15) is 17.2 Å². The second-order valence-electron chi connectivity index (χ2n) is 3.52. The van der Waals surface area contributed by atoms with Crippen molar-refractivity contribution >= 4 is 22.6 Å². The Labute approximate surface area is 108 Å². The second-order valence-corrected chi connectivity index (χ2v) is 4.77. The predicted molar refractivity (Wildman–Crippen MR) is 69.9 cm³/mol. The molecule has 0 bridgehead atoms. The minimum absolute atomic E-state index is 0.518. The number of benzene rings is 1. The van der Waals surface area contributed by atoms with Gasteiger partial charge in [0, 0.05) is 21.8 Å². The van der Waals surface area contributed by atoms with Gasteiger partial charge in [-0.25, -0.2) is 0 Å². The van der Waals surface area contributed by atoms with E-state index >= 15 is 0 Å². The fourth-order valence-corrected chi connectivity index (χ4v) is 1.82. The number of hydrogen-bond acceptors (Lipinski definition) is 3. The lowest BCUT2D eigenvalue weighted by Crippen LogP contribution is -2.02. The molecule has 0 fully saturated rings. The Morgan fingerprint density at radius 2 is 1.88 bits per heavy atom. The molecule has 1 heterocycles. The fraction of sp³-hybridized carbons (Fsp3) is 0.167. The quantitative estimate of drug-likeness (QED) is 0.881. The first kappa shape index (κ1) is 11.5. The molecule has 0 spiro atoms. The van der Waals surface area contributed by atoms with Gasteiger partial charge in [-0.3, -0.25) is 0 Å². The molecule has 3 nitrogen and oxygen atoms in total. The van der Waals surface area contributed by atoms with Crippen LogP contribution < -0.4 is 0 Å². The van der Waals surface area contributed by atoms with E-state index in [0.717, 1.165) is 11.1 Å². The first-order valence-corrected chi connectivity index (χ1v) is 6.02. The maximum absolute atomic E-state index is 9.97. The maximum atomic E-state index is 9.97. The predicted octanol–water partition coefficient (Wildman–Crippen LogP) is 2.36. The topological polar surface area (TPSA) is 46.0 Å². The van der Waals surface area contributed by atoms with Crippen LogP contribution in [0.5, 0.6) is 0 Å². The summed E-state index contributed by atoms with van der Waals surface area (Å²) in [7, 11) is 0. The van der Waals surface area contributed by atoms with Gasteiger partial charge in [0.1, 0.15) is 0 Å². The molecule has 1 aromatic carbocycles. The summed E-state index contributed by atoms with van der Waals surface area (Å²) in [4.78, 5) is 0. The van der Waals surface area contributed by atoms with Crippen LogP contribution in [0.2, 0.25) is 0 Å². The number of halogens is 1. The number of aromatic nitrogens is 2. The molecule has 1 aromatic heterocycles. The lowest BCUT2D eigenvalue weighted by atomic mass is 10.0. The monoisotopic (exact) mass is 326 g/mol. The zero-order valence-electron chi connectivity index (χ0n) is 8.55. The molecule has 2 aromatic rings. The van der Waals surface area contributed by atoms with Gasteiger partial charge >= 0.3 is 0 Å². The van der Waals surface area contributed by atoms with E-state index in [9.17, 15) is 5.11 Å². The van der Waals surface area contributed by atoms with Crippen LogP contribution in [0.4, 0.5) is 0 Å². The van der Waals surface area contributed by atoms with E-state index in [2.05, 4.69) is 32.8 Å². The van der Waals surface area contributed by atoms with Crippen molar-refractivity contribution in [1.82, 2.24) is 10.2 Å². The summed E-state index contributed by atoms with van der Waals surface area (Å²) in [6.07, 6.45) is 3.27. The second kappa shape index (κ2) is 5.36. The SMILES string of the molecule is OC(Cc1ccc(I)cc1)c1ccnnc1. The van der Waals surface area contributed by atoms with E-state index in [-0.39, 0.29) is 0 Å². The molecule has 0 radical (unpaired) electrons. The third-order valence-corrected chi connectivity index (χ3v) is 3.05. The zero-order valence-corrected chi connectivity index (χ0v) is 10.7. The summed E-state index contributed by atoms with van der Waals surface area (Å²) in [5, 5.41) is 17.4. The van der Waals surface area contributed by atoms with Gasteiger partial charge in [0.15, 0.2) is 0 Å². The molecule has 1 N–H and O–H groups in total. The average Bonchev–Trinajstić information content (AvgIpc) is 2.33. The van der Waals surface area contributed by atoms with E-state index in [1.165, 1.54) is 3.57 Å². The van der Waals surface area contributed by atoms with Crippen LogP contribution in [-0.4, -0.2) is 15.3 Å². The van der Waals surface area contributed by atoms with Crippen molar-refractivity contribution in [2.45, 2.75) is 12.5 Å². The summed E-state index contributed by atoms with van der Waals surface area (Å²) >= 11 is 2.26. The van der Waals surface area contributed by atoms with Crippen LogP contribution in [0.15, 0.2) is 42.7 Å². The van der Waals surface area contributed by atoms with Crippen LogP contribution in [0.25, 0.3) is 0 Å². The third-order valence-electron chi connectivity index (χ3n) is 2.33. The molecule has 82 valence electrons. The molecule has 16 heavy (non-hydrogen) atoms. The van der Waals surface area contributed by atoms with Gasteiger partial charge in [-0.05, 0) is 46.4 Å². The van der Waals surface area contributed by atoms with E-state index in [0.29, 0.717) is 6.42 Å². The smallest absolute Gasteiger partial charge is 0.0846 e. The van der Waals surface area contributed by atoms with Crippen molar-refractivity contribution in [2.24, 2.45) is 0 Å². The highest BCUT2D eigenvalue weighted by atomic mass is 127. The lowest BCUT2D eigenvalue weighted by molar-refractivity contribution is 0.178. The average molecular weight is 326 g/mol. The molecule has 0 aliphatic rings. The molecule has 0 aliphatic heterocycles. The van der Waals surface area contributed by atoms with Crippen molar-refractivity contribution < 1.29 is 5.11 Å². The van der Waals surface area contributed by atoms with Crippen LogP contribution in [0.3, 0.4) is 0 Å². The van der Waals surface area contributed by atoms with Gasteiger partial charge in [0.25, 0.3) is 0 Å². The van der Waals surface area contributed by atoms with Crippen LogP contribution in [0, 0.1) is 3.57 Å². The molecule has 0 amide bonds. The minimum atomic E-state index is -0.518. The van der Waals surface area contributed by atoms with Gasteiger partial charge in [-0.2, -0.15) is 10.2 Å². The van der Waals surface area contributed by atoms with Crippen molar-refractivity contribution in [1.29, 1.82) is 0 Å². The highest BCUT2D eigenvalue weighted by molar-refractivity contribution is 14.1. The summed E-state index contributed by atoms with van der Waals surface area (Å²) in [6.45, 7) is 0. The largest absolute Gasteiger partial charge is 0.388 e. The first-order valence-electron chi connectivity index (χ1n) is 4.95. The molecule has 0 aliphatic carbocycles. The van der Waals surface area contributed by atoms with Crippen molar-refractivity contribution in [2.75, 3.05) is 0 Å². The van der Waals surface area contributed by atoms with Gasteiger partial charge in [-0.15, -0.1) is 0 Å². The Kier molecular flexibility index (Phi) is 3.84. The molecule has 0 saturated heterocycles. The van der Waals surface area contributed by atoms with E-state index in [1.54, 1.807) is 18.5 Å². The van der Waals surface area contributed by atoms with Crippen molar-refractivity contribution in [3.8, 4) is 0 Å². The Bertz CT molecular complexity index is 444. The van der Waals surface area contributed by atoms with Crippen LogP contribution in [-0.2, 0) is 6.42 Å². The Hall–Kier alpha value is -1.01. The van der Waals surface area contributed by atoms with Gasteiger partial charge in [0.2, 0.25) is 0 Å². The molecular formula is C12H11IN2O. The molecule has 1 atom stereocenters. The number of rotatable bonds is 3. The molecular weight excluding hydrogens is 315 g/mol. The maximum Gasteiger partial charge on any atom is 0.0846 e. The van der Waals surface area contributed by atoms with Crippen molar-refractivity contribution in [3.05, 3.63) is 57.4 Å². The Balaban J connectivity index is 2.08. The lowest BCUT2D eigenvalue weighted by Gasteiger charge is -2.09. The summed E-state index contributed by atoms with van der Waals surface area (Å²) < 4.78 is 1.20. The van der Waals surface area contributed by atoms with E-state index < -0.39 is 6.10 Å². The first-order chi connectivity index (χ1) is 7.75. The summed E-state index contributed by atoms with van der Waals surface area (Å²) in [6, 6.07) is 9.91. The molecule has 4 heteroatoms. The Morgan fingerprint density at radius 3 is 2.50 bits per heavy atom. The number of aliphatic hydroxyl groups excluding tert-OH is 1. The Morgan fingerprint density at radius 1 is 1.12 bits per heavy atom. The van der Waals surface area contributed by atoms with Crippen molar-refractivity contribution in [3.63, 3.8) is 0 Å². The summed E-state index contributed by atoms with van der Waals surface area (Å²) in [5.41, 5.74) is 1.92. The standard InChI is InChI=1S/C12H11IN2O/c13-11-3-1-9(2-4-11)7-12(16)10-5-6-14-15-8-10/h1-6,8,12,16H,7H2. The molecule has 1 unspecified atom stereocenters. The van der Waals surface area contributed by atoms with E-state index in [1.807, 2.05) is 24.3 Å². The van der Waals surface area contributed by atoms with Gasteiger partial charge in [0.05, 0.1) is 12.3 Å². The fourth-order valence-electron chi connectivity index (χ4n) is 1.46. The third kappa shape index (κ3) is 2.99. The summed E-state index contributed by atoms with van der Waals surface area (Å²) in [5.74, 6) is 0. The number of aliphatic hydroxyl groups is 1. The van der Waals surface area contributed by atoms with Gasteiger partial charge in [-0.1, -0.05) is 12.1 Å².